The molecule has 1 aromatic heterocycles. The van der Waals surface area contributed by atoms with Crippen LogP contribution in [0.15, 0.2) is 48.5 Å². The minimum atomic E-state index is -0.286. The molecule has 0 aliphatic heterocycles. The summed E-state index contributed by atoms with van der Waals surface area (Å²) in [5.74, 6) is -0.286. The van der Waals surface area contributed by atoms with Gasteiger partial charge in [-0.05, 0) is 41.8 Å². The summed E-state index contributed by atoms with van der Waals surface area (Å²) in [6, 6.07) is 14.2. The summed E-state index contributed by atoms with van der Waals surface area (Å²) in [4.78, 5) is 11.2. The lowest BCUT2D eigenvalue weighted by atomic mass is 10.1. The van der Waals surface area contributed by atoms with Crippen LogP contribution < -0.4 is 0 Å². The maximum Gasteiger partial charge on any atom is 0.172 e. The van der Waals surface area contributed by atoms with Crippen molar-refractivity contribution in [1.82, 2.24) is 15.0 Å². The predicted octanol–water partition coefficient (Wildman–Crippen LogP) is 3.37. The van der Waals surface area contributed by atoms with Crippen molar-refractivity contribution < 1.29 is 9.18 Å². The summed E-state index contributed by atoms with van der Waals surface area (Å²) in [6.45, 7) is 2.09. The smallest absolute Gasteiger partial charge is 0.172 e. The Kier molecular flexibility index (Phi) is 4.28. The Bertz CT molecular complexity index is 807. The number of benzene rings is 2. The fourth-order valence-electron chi connectivity index (χ4n) is 2.45. The summed E-state index contributed by atoms with van der Waals surface area (Å²) in [6.07, 6.45) is 2.11. The highest BCUT2D eigenvalue weighted by Crippen LogP contribution is 2.17. The van der Waals surface area contributed by atoms with Gasteiger partial charge in [-0.2, -0.15) is 0 Å². The highest BCUT2D eigenvalue weighted by atomic mass is 19.1. The van der Waals surface area contributed by atoms with Crippen LogP contribution in [0, 0.1) is 5.82 Å². The van der Waals surface area contributed by atoms with Crippen molar-refractivity contribution in [3.05, 3.63) is 76.9 Å². The van der Waals surface area contributed by atoms with Gasteiger partial charge in [0.25, 0.3) is 0 Å². The van der Waals surface area contributed by atoms with Crippen LogP contribution in [0.3, 0.4) is 0 Å². The van der Waals surface area contributed by atoms with E-state index in [0.29, 0.717) is 24.1 Å². The Balaban J connectivity index is 1.99. The zero-order valence-electron chi connectivity index (χ0n) is 12.7. The molecule has 0 saturated carbocycles. The van der Waals surface area contributed by atoms with Crippen molar-refractivity contribution in [2.45, 2.75) is 19.8 Å². The molecule has 0 aliphatic carbocycles. The fraction of sp³-hybridized carbons (Fsp3) is 0.167. The number of nitrogens with zero attached hydrogens (tertiary/aromatic N) is 3. The molecule has 23 heavy (non-hydrogen) atoms. The third kappa shape index (κ3) is 3.18. The third-order valence-electron chi connectivity index (χ3n) is 3.78. The molecular formula is C18H16FN3O. The Morgan fingerprint density at radius 2 is 1.70 bits per heavy atom. The van der Waals surface area contributed by atoms with E-state index in [1.54, 1.807) is 16.8 Å². The van der Waals surface area contributed by atoms with Gasteiger partial charge in [0.15, 0.2) is 6.29 Å². The van der Waals surface area contributed by atoms with Gasteiger partial charge in [-0.1, -0.05) is 36.4 Å². The summed E-state index contributed by atoms with van der Waals surface area (Å²) in [5.41, 5.74) is 3.96. The van der Waals surface area contributed by atoms with Crippen molar-refractivity contribution in [1.29, 1.82) is 0 Å². The quantitative estimate of drug-likeness (QED) is 0.679. The standard InChI is InChI=1S/C18H16FN3O/c1-2-13-5-9-16(10-6-13)22-18(17(12-23)20-21-22)11-14-3-7-15(19)8-4-14/h3-10,12H,2,11H2,1H3. The van der Waals surface area contributed by atoms with Gasteiger partial charge in [-0.3, -0.25) is 4.79 Å². The van der Waals surface area contributed by atoms with E-state index in [1.165, 1.54) is 17.7 Å². The molecule has 0 spiro atoms. The number of aldehydes is 1. The van der Waals surface area contributed by atoms with Crippen LogP contribution >= 0.6 is 0 Å². The van der Waals surface area contributed by atoms with Crippen LogP contribution in [0.2, 0.25) is 0 Å². The van der Waals surface area contributed by atoms with Crippen molar-refractivity contribution in [3.63, 3.8) is 0 Å². The molecule has 0 saturated heterocycles. The molecule has 5 heteroatoms. The van der Waals surface area contributed by atoms with Crippen molar-refractivity contribution in [2.75, 3.05) is 0 Å². The highest BCUT2D eigenvalue weighted by Gasteiger charge is 2.14. The number of carbonyl (C=O) groups excluding carboxylic acids is 1. The topological polar surface area (TPSA) is 47.8 Å². The first-order valence-corrected chi connectivity index (χ1v) is 7.44. The summed E-state index contributed by atoms with van der Waals surface area (Å²) in [5, 5.41) is 8.03. The van der Waals surface area contributed by atoms with Gasteiger partial charge in [0.2, 0.25) is 0 Å². The normalized spacial score (nSPS) is 10.7. The lowest BCUT2D eigenvalue weighted by Crippen LogP contribution is -2.05. The summed E-state index contributed by atoms with van der Waals surface area (Å²) in [7, 11) is 0. The van der Waals surface area contributed by atoms with E-state index < -0.39 is 0 Å². The number of hydrogen-bond acceptors (Lipinski definition) is 3. The van der Waals surface area contributed by atoms with Gasteiger partial charge in [-0.15, -0.1) is 5.10 Å². The number of aryl methyl sites for hydroxylation is 1. The van der Waals surface area contributed by atoms with Gasteiger partial charge in [0.05, 0.1) is 11.4 Å². The molecule has 116 valence electrons. The summed E-state index contributed by atoms with van der Waals surface area (Å²) >= 11 is 0. The third-order valence-corrected chi connectivity index (χ3v) is 3.78. The van der Waals surface area contributed by atoms with Crippen LogP contribution in [0.4, 0.5) is 4.39 Å². The van der Waals surface area contributed by atoms with Crippen molar-refractivity contribution in [2.24, 2.45) is 0 Å². The van der Waals surface area contributed by atoms with Crippen LogP contribution in [0.5, 0.6) is 0 Å². The molecular weight excluding hydrogens is 293 g/mol. The van der Waals surface area contributed by atoms with Crippen LogP contribution in [-0.2, 0) is 12.8 Å². The first-order chi connectivity index (χ1) is 11.2. The Labute approximate surface area is 133 Å². The molecule has 4 nitrogen and oxygen atoms in total. The van der Waals surface area contributed by atoms with Gasteiger partial charge < -0.3 is 0 Å². The molecule has 0 aliphatic rings. The second kappa shape index (κ2) is 6.52. The predicted molar refractivity (Wildman–Crippen MR) is 85.3 cm³/mol. The minimum Gasteiger partial charge on any atom is -0.296 e. The average Bonchev–Trinajstić information content (AvgIpc) is 2.99. The maximum atomic E-state index is 13.0. The number of carbonyl (C=O) groups is 1. The molecule has 0 atom stereocenters. The van der Waals surface area contributed by atoms with Crippen LogP contribution in [0.1, 0.15) is 34.2 Å². The second-order valence-corrected chi connectivity index (χ2v) is 5.27. The second-order valence-electron chi connectivity index (χ2n) is 5.27. The van der Waals surface area contributed by atoms with E-state index in [0.717, 1.165) is 17.7 Å². The number of aromatic nitrogens is 3. The van der Waals surface area contributed by atoms with E-state index >= 15 is 0 Å². The zero-order chi connectivity index (χ0) is 16.2. The van der Waals surface area contributed by atoms with E-state index in [2.05, 4.69) is 17.2 Å². The highest BCUT2D eigenvalue weighted by molar-refractivity contribution is 5.73. The van der Waals surface area contributed by atoms with E-state index in [4.69, 9.17) is 0 Å². The van der Waals surface area contributed by atoms with Crippen molar-refractivity contribution >= 4 is 6.29 Å². The zero-order valence-corrected chi connectivity index (χ0v) is 12.7. The van der Waals surface area contributed by atoms with Crippen LogP contribution in [0.25, 0.3) is 5.69 Å². The molecule has 3 rings (SSSR count). The Morgan fingerprint density at radius 3 is 2.30 bits per heavy atom. The van der Waals surface area contributed by atoms with E-state index in [1.807, 2.05) is 24.3 Å². The lowest BCUT2D eigenvalue weighted by molar-refractivity contribution is 0.111. The molecule has 2 aromatic carbocycles. The molecule has 0 unspecified atom stereocenters. The SMILES string of the molecule is CCc1ccc(-n2nnc(C=O)c2Cc2ccc(F)cc2)cc1. The van der Waals surface area contributed by atoms with Crippen molar-refractivity contribution in [3.8, 4) is 5.69 Å². The molecule has 0 bridgehead atoms. The Hall–Kier alpha value is -2.82. The number of rotatable bonds is 5. The van der Waals surface area contributed by atoms with Crippen LogP contribution in [-0.4, -0.2) is 21.3 Å². The molecule has 3 aromatic rings. The van der Waals surface area contributed by atoms with E-state index in [-0.39, 0.29) is 5.82 Å². The molecule has 0 N–H and O–H groups in total. The first-order valence-electron chi connectivity index (χ1n) is 7.44. The molecule has 0 amide bonds. The van der Waals surface area contributed by atoms with Gasteiger partial charge in [-0.25, -0.2) is 9.07 Å². The largest absolute Gasteiger partial charge is 0.296 e. The monoisotopic (exact) mass is 309 g/mol. The molecule has 0 fully saturated rings. The van der Waals surface area contributed by atoms with Gasteiger partial charge in [0, 0.05) is 6.42 Å². The fourth-order valence-corrected chi connectivity index (χ4v) is 2.45. The molecule has 0 radical (unpaired) electrons. The lowest BCUT2D eigenvalue weighted by Gasteiger charge is -2.08. The van der Waals surface area contributed by atoms with E-state index in [9.17, 15) is 9.18 Å². The van der Waals surface area contributed by atoms with Gasteiger partial charge in [0.1, 0.15) is 11.5 Å². The Morgan fingerprint density at radius 1 is 1.04 bits per heavy atom. The minimum absolute atomic E-state index is 0.286. The maximum absolute atomic E-state index is 13.0. The first kappa shape index (κ1) is 15.1. The molecule has 1 heterocycles. The summed E-state index contributed by atoms with van der Waals surface area (Å²) < 4.78 is 14.7. The number of halogens is 1. The number of hydrogen-bond donors (Lipinski definition) is 0. The van der Waals surface area contributed by atoms with Gasteiger partial charge >= 0.3 is 0 Å². The average molecular weight is 309 g/mol.